The summed E-state index contributed by atoms with van der Waals surface area (Å²) in [6, 6.07) is 8.54. The van der Waals surface area contributed by atoms with Gasteiger partial charge in [-0.05, 0) is 25.1 Å². The lowest BCUT2D eigenvalue weighted by Crippen LogP contribution is -2.03. The fourth-order valence-corrected chi connectivity index (χ4v) is 2.36. The van der Waals surface area contributed by atoms with Crippen LogP contribution < -0.4 is 4.74 Å². The standard InChI is InChI=1S/C16H15N3O3/c1-10-13-7-11(8-17-15(13)19(2)18-10)9-22-14-6-4-3-5-12(14)16(20)21/h3-8H,9H2,1-2H3,(H,20,21). The van der Waals surface area contributed by atoms with Crippen molar-refractivity contribution in [3.8, 4) is 5.75 Å². The molecule has 1 N–H and O–H groups in total. The summed E-state index contributed by atoms with van der Waals surface area (Å²) in [6.45, 7) is 2.18. The first-order valence-electron chi connectivity index (χ1n) is 6.79. The predicted octanol–water partition coefficient (Wildman–Crippen LogP) is 2.55. The minimum Gasteiger partial charge on any atom is -0.488 e. The molecule has 0 amide bonds. The molecule has 22 heavy (non-hydrogen) atoms. The summed E-state index contributed by atoms with van der Waals surface area (Å²) in [7, 11) is 1.85. The number of rotatable bonds is 4. The Morgan fingerprint density at radius 3 is 2.91 bits per heavy atom. The zero-order valence-corrected chi connectivity index (χ0v) is 12.3. The number of pyridine rings is 1. The van der Waals surface area contributed by atoms with Crippen LogP contribution in [-0.4, -0.2) is 25.8 Å². The quantitative estimate of drug-likeness (QED) is 0.800. The molecule has 0 aliphatic heterocycles. The van der Waals surface area contributed by atoms with Gasteiger partial charge in [-0.15, -0.1) is 0 Å². The Hall–Kier alpha value is -2.89. The van der Waals surface area contributed by atoms with Crippen molar-refractivity contribution >= 4 is 17.0 Å². The predicted molar refractivity (Wildman–Crippen MR) is 81.0 cm³/mol. The van der Waals surface area contributed by atoms with Crippen molar-refractivity contribution in [3.63, 3.8) is 0 Å². The van der Waals surface area contributed by atoms with E-state index in [1.54, 1.807) is 29.1 Å². The lowest BCUT2D eigenvalue weighted by molar-refractivity contribution is 0.0691. The van der Waals surface area contributed by atoms with Crippen LogP contribution >= 0.6 is 0 Å². The molecule has 6 heteroatoms. The average Bonchev–Trinajstić information content (AvgIpc) is 2.80. The van der Waals surface area contributed by atoms with Crippen LogP contribution in [0.15, 0.2) is 36.5 Å². The smallest absolute Gasteiger partial charge is 0.339 e. The highest BCUT2D eigenvalue weighted by atomic mass is 16.5. The van der Waals surface area contributed by atoms with Gasteiger partial charge in [0.15, 0.2) is 5.65 Å². The van der Waals surface area contributed by atoms with Crippen LogP contribution in [0.1, 0.15) is 21.6 Å². The van der Waals surface area contributed by atoms with Crippen molar-refractivity contribution in [3.05, 3.63) is 53.3 Å². The molecule has 112 valence electrons. The van der Waals surface area contributed by atoms with Crippen molar-refractivity contribution in [2.24, 2.45) is 7.05 Å². The highest BCUT2D eigenvalue weighted by Gasteiger charge is 2.11. The third-order valence-electron chi connectivity index (χ3n) is 3.43. The van der Waals surface area contributed by atoms with Crippen LogP contribution in [-0.2, 0) is 13.7 Å². The molecular formula is C16H15N3O3. The number of nitrogens with zero attached hydrogens (tertiary/aromatic N) is 3. The largest absolute Gasteiger partial charge is 0.488 e. The van der Waals surface area contributed by atoms with E-state index in [9.17, 15) is 4.79 Å². The van der Waals surface area contributed by atoms with Crippen molar-refractivity contribution in [1.29, 1.82) is 0 Å². The fraction of sp³-hybridized carbons (Fsp3) is 0.188. The molecule has 1 aromatic carbocycles. The Balaban J connectivity index is 1.85. The molecule has 0 aliphatic carbocycles. The Kier molecular flexibility index (Phi) is 3.50. The molecule has 0 spiro atoms. The zero-order valence-electron chi connectivity index (χ0n) is 12.3. The van der Waals surface area contributed by atoms with Crippen LogP contribution in [0.4, 0.5) is 0 Å². The summed E-state index contributed by atoms with van der Waals surface area (Å²) in [4.78, 5) is 15.5. The maximum atomic E-state index is 11.2. The number of carboxylic acid groups (broad SMARTS) is 1. The van der Waals surface area contributed by atoms with E-state index in [2.05, 4.69) is 10.1 Å². The third kappa shape index (κ3) is 2.50. The van der Waals surface area contributed by atoms with E-state index in [0.29, 0.717) is 5.75 Å². The molecule has 0 saturated carbocycles. The van der Waals surface area contributed by atoms with E-state index in [1.807, 2.05) is 20.0 Å². The second-order valence-corrected chi connectivity index (χ2v) is 5.01. The summed E-state index contributed by atoms with van der Waals surface area (Å²) in [5.41, 5.74) is 2.72. The van der Waals surface area contributed by atoms with Crippen molar-refractivity contribution < 1.29 is 14.6 Å². The van der Waals surface area contributed by atoms with E-state index in [-0.39, 0.29) is 12.2 Å². The Labute approximate surface area is 127 Å². The van der Waals surface area contributed by atoms with Gasteiger partial charge in [-0.2, -0.15) is 5.10 Å². The van der Waals surface area contributed by atoms with Crippen molar-refractivity contribution in [1.82, 2.24) is 14.8 Å². The number of aryl methyl sites for hydroxylation is 2. The molecule has 0 atom stereocenters. The van der Waals surface area contributed by atoms with E-state index in [1.165, 1.54) is 6.07 Å². The van der Waals surface area contributed by atoms with E-state index >= 15 is 0 Å². The topological polar surface area (TPSA) is 77.2 Å². The number of carbonyl (C=O) groups is 1. The fourth-order valence-electron chi connectivity index (χ4n) is 2.36. The SMILES string of the molecule is Cc1nn(C)c2ncc(COc3ccccc3C(=O)O)cc12. The van der Waals surface area contributed by atoms with Gasteiger partial charge in [0.25, 0.3) is 0 Å². The summed E-state index contributed by atoms with van der Waals surface area (Å²) in [6.07, 6.45) is 1.72. The van der Waals surface area contributed by atoms with Crippen molar-refractivity contribution in [2.75, 3.05) is 0 Å². The molecule has 2 aromatic heterocycles. The lowest BCUT2D eigenvalue weighted by Gasteiger charge is -2.09. The Morgan fingerprint density at radius 2 is 2.14 bits per heavy atom. The van der Waals surface area contributed by atoms with Crippen LogP contribution in [0.2, 0.25) is 0 Å². The molecule has 0 bridgehead atoms. The van der Waals surface area contributed by atoms with Gasteiger partial charge in [-0.3, -0.25) is 4.68 Å². The normalized spacial score (nSPS) is 10.8. The molecule has 6 nitrogen and oxygen atoms in total. The lowest BCUT2D eigenvalue weighted by atomic mass is 10.2. The van der Waals surface area contributed by atoms with Crippen LogP contribution in [0.3, 0.4) is 0 Å². The first kappa shape index (κ1) is 14.1. The zero-order chi connectivity index (χ0) is 15.7. The summed E-state index contributed by atoms with van der Waals surface area (Å²) < 4.78 is 7.36. The molecule has 3 rings (SSSR count). The highest BCUT2D eigenvalue weighted by Crippen LogP contribution is 2.21. The number of ether oxygens (including phenoxy) is 1. The highest BCUT2D eigenvalue weighted by molar-refractivity contribution is 5.90. The monoisotopic (exact) mass is 297 g/mol. The summed E-state index contributed by atoms with van der Waals surface area (Å²) >= 11 is 0. The van der Waals surface area contributed by atoms with Crippen molar-refractivity contribution in [2.45, 2.75) is 13.5 Å². The van der Waals surface area contributed by atoms with Gasteiger partial charge >= 0.3 is 5.97 Å². The van der Waals surface area contributed by atoms with Crippen LogP contribution in [0.25, 0.3) is 11.0 Å². The second kappa shape index (κ2) is 5.48. The maximum absolute atomic E-state index is 11.2. The minimum absolute atomic E-state index is 0.147. The van der Waals surface area contributed by atoms with Crippen LogP contribution in [0.5, 0.6) is 5.75 Å². The summed E-state index contributed by atoms with van der Waals surface area (Å²) in [5.74, 6) is -0.662. The van der Waals surface area contributed by atoms with E-state index in [0.717, 1.165) is 22.3 Å². The van der Waals surface area contributed by atoms with Gasteiger partial charge < -0.3 is 9.84 Å². The minimum atomic E-state index is -1.01. The van der Waals surface area contributed by atoms with Gasteiger partial charge in [-0.25, -0.2) is 9.78 Å². The molecule has 0 unspecified atom stereocenters. The number of aromatic carboxylic acids is 1. The molecule has 0 fully saturated rings. The average molecular weight is 297 g/mol. The number of fused-ring (bicyclic) bond motifs is 1. The molecular weight excluding hydrogens is 282 g/mol. The molecule has 2 heterocycles. The van der Waals surface area contributed by atoms with Gasteiger partial charge in [0.05, 0.1) is 5.69 Å². The number of carboxylic acids is 1. The molecule has 3 aromatic rings. The Bertz CT molecular complexity index is 855. The van der Waals surface area contributed by atoms with Gasteiger partial charge in [0, 0.05) is 24.2 Å². The number of para-hydroxylation sites is 1. The van der Waals surface area contributed by atoms with Gasteiger partial charge in [-0.1, -0.05) is 12.1 Å². The molecule has 0 radical (unpaired) electrons. The second-order valence-electron chi connectivity index (χ2n) is 5.01. The number of hydrogen-bond donors (Lipinski definition) is 1. The Morgan fingerprint density at radius 1 is 1.36 bits per heavy atom. The van der Waals surface area contributed by atoms with E-state index in [4.69, 9.17) is 9.84 Å². The van der Waals surface area contributed by atoms with Crippen LogP contribution in [0, 0.1) is 6.92 Å². The van der Waals surface area contributed by atoms with Gasteiger partial charge in [0.1, 0.15) is 17.9 Å². The number of benzene rings is 1. The van der Waals surface area contributed by atoms with Gasteiger partial charge in [0.2, 0.25) is 0 Å². The molecule has 0 aliphatic rings. The first-order chi connectivity index (χ1) is 10.6. The van der Waals surface area contributed by atoms with E-state index < -0.39 is 5.97 Å². The molecule has 0 saturated heterocycles. The summed E-state index contributed by atoms with van der Waals surface area (Å²) in [5, 5.41) is 14.4. The third-order valence-corrected chi connectivity index (χ3v) is 3.43. The number of hydrogen-bond acceptors (Lipinski definition) is 4. The first-order valence-corrected chi connectivity index (χ1v) is 6.79. The number of aromatic nitrogens is 3. The maximum Gasteiger partial charge on any atom is 0.339 e.